The van der Waals surface area contributed by atoms with Gasteiger partial charge in [0, 0.05) is 57.8 Å². The van der Waals surface area contributed by atoms with Crippen molar-refractivity contribution in [1.29, 1.82) is 0 Å². The molecule has 2 heterocycles. The summed E-state index contributed by atoms with van der Waals surface area (Å²) in [6, 6.07) is 8.48. The summed E-state index contributed by atoms with van der Waals surface area (Å²) in [5.41, 5.74) is 2.38. The summed E-state index contributed by atoms with van der Waals surface area (Å²) < 4.78 is 0. The van der Waals surface area contributed by atoms with Gasteiger partial charge < -0.3 is 14.7 Å². The van der Waals surface area contributed by atoms with E-state index in [4.69, 9.17) is 0 Å². The summed E-state index contributed by atoms with van der Waals surface area (Å²) in [4.78, 5) is 31.2. The smallest absolute Gasteiger partial charge is 0.226 e. The molecule has 130 valence electrons. The maximum Gasteiger partial charge on any atom is 0.226 e. The maximum absolute atomic E-state index is 13.2. The highest BCUT2D eigenvalue weighted by Crippen LogP contribution is 2.29. The van der Waals surface area contributed by atoms with Crippen LogP contribution < -0.4 is 4.90 Å². The van der Waals surface area contributed by atoms with Gasteiger partial charge in [-0.3, -0.25) is 9.59 Å². The number of hydrogen-bond acceptors (Lipinski definition) is 3. The van der Waals surface area contributed by atoms with E-state index in [-0.39, 0.29) is 23.8 Å². The van der Waals surface area contributed by atoms with Gasteiger partial charge in [0.1, 0.15) is 0 Å². The summed E-state index contributed by atoms with van der Waals surface area (Å²) in [6.45, 7) is 4.28. The van der Waals surface area contributed by atoms with Gasteiger partial charge in [0.2, 0.25) is 11.8 Å². The van der Waals surface area contributed by atoms with Gasteiger partial charge in [-0.05, 0) is 24.5 Å². The summed E-state index contributed by atoms with van der Waals surface area (Å²) in [6.07, 6.45) is 2.04. The lowest BCUT2D eigenvalue weighted by Gasteiger charge is -2.36. The van der Waals surface area contributed by atoms with Crippen LogP contribution >= 0.6 is 0 Å². The van der Waals surface area contributed by atoms with Crippen LogP contribution in [0.25, 0.3) is 0 Å². The van der Waals surface area contributed by atoms with Crippen molar-refractivity contribution in [3.63, 3.8) is 0 Å². The number of likely N-dealkylation sites (N-methyl/N-ethyl adjacent to an activating group) is 1. The molecular weight excluding hydrogens is 302 g/mol. The molecule has 0 aromatic heterocycles. The summed E-state index contributed by atoms with van der Waals surface area (Å²) >= 11 is 0. The molecule has 2 atom stereocenters. The molecule has 1 aromatic carbocycles. The standard InChI is InChI=1S/C19H27N3O2/c1-4-16-13-21(3)17-8-6-5-7-15(17)12-22(16)19(24)14-9-10-20(2)18(23)11-14/h5-8,14,16H,4,9-13H2,1-3H3/t14-,16-/m0/s1. The van der Waals surface area contributed by atoms with E-state index in [0.717, 1.165) is 19.4 Å². The van der Waals surface area contributed by atoms with Gasteiger partial charge in [-0.1, -0.05) is 25.1 Å². The number of hydrogen-bond donors (Lipinski definition) is 0. The first-order chi connectivity index (χ1) is 11.5. The van der Waals surface area contributed by atoms with Crippen molar-refractivity contribution in [3.8, 4) is 0 Å². The van der Waals surface area contributed by atoms with Crippen LogP contribution in [0, 0.1) is 5.92 Å². The maximum atomic E-state index is 13.2. The number of likely N-dealkylation sites (tertiary alicyclic amines) is 1. The highest BCUT2D eigenvalue weighted by Gasteiger charge is 2.35. The highest BCUT2D eigenvalue weighted by molar-refractivity contribution is 5.87. The number of amides is 2. The predicted molar refractivity (Wildman–Crippen MR) is 94.7 cm³/mol. The molecule has 1 saturated heterocycles. The molecule has 0 spiro atoms. The first-order valence-corrected chi connectivity index (χ1v) is 8.84. The number of nitrogens with zero attached hydrogens (tertiary/aromatic N) is 3. The van der Waals surface area contributed by atoms with Crippen LogP contribution in [0.4, 0.5) is 5.69 Å². The number of benzene rings is 1. The molecular formula is C19H27N3O2. The first kappa shape index (κ1) is 16.8. The van der Waals surface area contributed by atoms with Crippen LogP contribution in [-0.2, 0) is 16.1 Å². The molecule has 0 aliphatic carbocycles. The first-order valence-electron chi connectivity index (χ1n) is 8.84. The Labute approximate surface area is 144 Å². The Hall–Kier alpha value is -2.04. The third-order valence-electron chi connectivity index (χ3n) is 5.43. The minimum Gasteiger partial charge on any atom is -0.372 e. The van der Waals surface area contributed by atoms with Gasteiger partial charge in [0.15, 0.2) is 0 Å². The Balaban J connectivity index is 1.85. The lowest BCUT2D eigenvalue weighted by Crippen LogP contribution is -2.48. The summed E-state index contributed by atoms with van der Waals surface area (Å²) in [5, 5.41) is 0. The Morgan fingerprint density at radius 2 is 1.96 bits per heavy atom. The molecule has 2 amide bonds. The van der Waals surface area contributed by atoms with Crippen molar-refractivity contribution in [1.82, 2.24) is 9.80 Å². The van der Waals surface area contributed by atoms with E-state index in [9.17, 15) is 9.59 Å². The molecule has 0 N–H and O–H groups in total. The van der Waals surface area contributed by atoms with E-state index in [2.05, 4.69) is 31.0 Å². The average molecular weight is 329 g/mol. The molecule has 1 aromatic rings. The zero-order valence-corrected chi connectivity index (χ0v) is 14.9. The number of piperidine rings is 1. The summed E-state index contributed by atoms with van der Waals surface area (Å²) in [7, 11) is 3.91. The number of carbonyl (C=O) groups excluding carboxylic acids is 2. The van der Waals surface area contributed by atoms with Crippen molar-refractivity contribution < 1.29 is 9.59 Å². The largest absolute Gasteiger partial charge is 0.372 e. The molecule has 2 aliphatic rings. The Morgan fingerprint density at radius 1 is 1.21 bits per heavy atom. The monoisotopic (exact) mass is 329 g/mol. The molecule has 0 radical (unpaired) electrons. The Kier molecular flexibility index (Phi) is 4.78. The fourth-order valence-electron chi connectivity index (χ4n) is 3.84. The molecule has 5 nitrogen and oxygen atoms in total. The average Bonchev–Trinajstić information content (AvgIpc) is 2.73. The molecule has 1 fully saturated rings. The van der Waals surface area contributed by atoms with Crippen molar-refractivity contribution >= 4 is 17.5 Å². The van der Waals surface area contributed by atoms with Crippen LogP contribution in [0.2, 0.25) is 0 Å². The van der Waals surface area contributed by atoms with Crippen molar-refractivity contribution in [3.05, 3.63) is 29.8 Å². The van der Waals surface area contributed by atoms with Crippen LogP contribution in [-0.4, -0.2) is 54.8 Å². The zero-order chi connectivity index (χ0) is 17.3. The van der Waals surface area contributed by atoms with Crippen LogP contribution in [0.15, 0.2) is 24.3 Å². The molecule has 0 unspecified atom stereocenters. The van der Waals surface area contributed by atoms with Gasteiger partial charge in [-0.25, -0.2) is 0 Å². The number of rotatable bonds is 2. The molecule has 3 rings (SSSR count). The van der Waals surface area contributed by atoms with Gasteiger partial charge in [0.25, 0.3) is 0 Å². The van der Waals surface area contributed by atoms with Crippen molar-refractivity contribution in [2.75, 3.05) is 32.1 Å². The van der Waals surface area contributed by atoms with E-state index in [1.165, 1.54) is 11.3 Å². The van der Waals surface area contributed by atoms with E-state index in [1.54, 1.807) is 4.90 Å². The van der Waals surface area contributed by atoms with Gasteiger partial charge >= 0.3 is 0 Å². The van der Waals surface area contributed by atoms with Gasteiger partial charge in [0.05, 0.1) is 0 Å². The van der Waals surface area contributed by atoms with Crippen molar-refractivity contribution in [2.45, 2.75) is 38.8 Å². The number of anilines is 1. The Morgan fingerprint density at radius 3 is 2.67 bits per heavy atom. The minimum atomic E-state index is -0.168. The predicted octanol–water partition coefficient (Wildman–Crippen LogP) is 2.11. The SMILES string of the molecule is CC[C@H]1CN(C)c2ccccc2CN1C(=O)[C@H]1CCN(C)C(=O)C1. The third kappa shape index (κ3) is 3.12. The Bertz CT molecular complexity index is 631. The van der Waals surface area contributed by atoms with Gasteiger partial charge in [-0.15, -0.1) is 0 Å². The highest BCUT2D eigenvalue weighted by atomic mass is 16.2. The van der Waals surface area contributed by atoms with E-state index < -0.39 is 0 Å². The van der Waals surface area contributed by atoms with E-state index in [1.807, 2.05) is 24.1 Å². The van der Waals surface area contributed by atoms with Crippen LogP contribution in [0.1, 0.15) is 31.7 Å². The topological polar surface area (TPSA) is 43.9 Å². The number of para-hydroxylation sites is 1. The fraction of sp³-hybridized carbons (Fsp3) is 0.579. The molecule has 5 heteroatoms. The second-order valence-corrected chi connectivity index (χ2v) is 7.04. The molecule has 0 bridgehead atoms. The fourth-order valence-corrected chi connectivity index (χ4v) is 3.84. The summed E-state index contributed by atoms with van der Waals surface area (Å²) in [5.74, 6) is 0.0618. The molecule has 24 heavy (non-hydrogen) atoms. The van der Waals surface area contributed by atoms with Gasteiger partial charge in [-0.2, -0.15) is 0 Å². The number of carbonyl (C=O) groups is 2. The lowest BCUT2D eigenvalue weighted by atomic mass is 9.94. The van der Waals surface area contributed by atoms with Crippen LogP contribution in [0.5, 0.6) is 0 Å². The second kappa shape index (κ2) is 6.83. The zero-order valence-electron chi connectivity index (χ0n) is 14.9. The van der Waals surface area contributed by atoms with Crippen LogP contribution in [0.3, 0.4) is 0 Å². The quantitative estimate of drug-likeness (QED) is 0.835. The lowest BCUT2D eigenvalue weighted by molar-refractivity contribution is -0.146. The van der Waals surface area contributed by atoms with E-state index in [0.29, 0.717) is 19.5 Å². The minimum absolute atomic E-state index is 0.0833. The molecule has 0 saturated carbocycles. The third-order valence-corrected chi connectivity index (χ3v) is 5.43. The number of fused-ring (bicyclic) bond motifs is 1. The molecule has 2 aliphatic heterocycles. The van der Waals surface area contributed by atoms with Crippen molar-refractivity contribution in [2.24, 2.45) is 5.92 Å². The second-order valence-electron chi connectivity index (χ2n) is 7.04. The van der Waals surface area contributed by atoms with E-state index >= 15 is 0 Å². The normalized spacial score (nSPS) is 24.6.